The van der Waals surface area contributed by atoms with Crippen LogP contribution in [0, 0.1) is 0 Å². The topological polar surface area (TPSA) is 41.6 Å². The van der Waals surface area contributed by atoms with Gasteiger partial charge in [0.1, 0.15) is 0 Å². The summed E-state index contributed by atoms with van der Waals surface area (Å²) in [4.78, 5) is 14.8. The van der Waals surface area contributed by atoms with Gasteiger partial charge in [-0.15, -0.1) is 12.4 Å². The zero-order valence-electron chi connectivity index (χ0n) is 14.8. The van der Waals surface area contributed by atoms with Crippen LogP contribution in [0.5, 0.6) is 0 Å². The van der Waals surface area contributed by atoms with Crippen LogP contribution in [-0.4, -0.2) is 43.7 Å². The number of benzene rings is 2. The maximum Gasteiger partial charge on any atom is 0.234 e. The van der Waals surface area contributed by atoms with Gasteiger partial charge in [0.05, 0.1) is 25.8 Å². The minimum absolute atomic E-state index is 0. The summed E-state index contributed by atoms with van der Waals surface area (Å²) < 4.78 is 5.36. The molecule has 0 radical (unpaired) electrons. The fraction of sp³-hybridized carbons (Fsp3) is 0.381. The fourth-order valence-electron chi connectivity index (χ4n) is 3.97. The Labute approximate surface area is 160 Å². The third kappa shape index (κ3) is 4.09. The average molecular weight is 373 g/mol. The van der Waals surface area contributed by atoms with Crippen molar-refractivity contribution in [3.63, 3.8) is 0 Å². The number of carbonyl (C=O) groups excluding carboxylic acids is 1. The molecule has 2 aromatic rings. The number of ether oxygens (including phenoxy) is 1. The molecule has 2 unspecified atom stereocenters. The number of hydrogen-bond donors (Lipinski definition) is 1. The molecule has 0 bridgehead atoms. The summed E-state index contributed by atoms with van der Waals surface area (Å²) in [6.07, 6.45) is 0.975. The highest BCUT2D eigenvalue weighted by Gasteiger charge is 2.34. The van der Waals surface area contributed by atoms with Crippen molar-refractivity contribution in [2.24, 2.45) is 0 Å². The summed E-state index contributed by atoms with van der Waals surface area (Å²) in [5.41, 5.74) is 3.88. The van der Waals surface area contributed by atoms with E-state index in [2.05, 4.69) is 58.7 Å². The first-order chi connectivity index (χ1) is 12.3. The van der Waals surface area contributed by atoms with E-state index in [1.54, 1.807) is 0 Å². The van der Waals surface area contributed by atoms with Crippen LogP contribution in [0.1, 0.15) is 28.7 Å². The van der Waals surface area contributed by atoms with E-state index in [4.69, 9.17) is 4.74 Å². The van der Waals surface area contributed by atoms with Crippen LogP contribution in [0.3, 0.4) is 0 Å². The molecule has 1 amide bonds. The summed E-state index contributed by atoms with van der Waals surface area (Å²) in [5, 5.41) is 3.31. The predicted octanol–water partition coefficient (Wildman–Crippen LogP) is 2.94. The molecule has 1 fully saturated rings. The number of nitrogens with one attached hydrogen (secondary N) is 1. The summed E-state index contributed by atoms with van der Waals surface area (Å²) in [7, 11) is 0. The Morgan fingerprint density at radius 2 is 1.73 bits per heavy atom. The Kier molecular flexibility index (Phi) is 6.30. The molecule has 0 aromatic heterocycles. The molecule has 5 heteroatoms. The van der Waals surface area contributed by atoms with E-state index in [1.807, 2.05) is 6.07 Å². The van der Waals surface area contributed by atoms with E-state index in [9.17, 15) is 4.79 Å². The van der Waals surface area contributed by atoms with Crippen LogP contribution in [0.2, 0.25) is 0 Å². The molecule has 1 N–H and O–H groups in total. The summed E-state index contributed by atoms with van der Waals surface area (Å²) >= 11 is 0. The minimum Gasteiger partial charge on any atom is -0.379 e. The van der Waals surface area contributed by atoms with E-state index in [1.165, 1.54) is 16.7 Å². The summed E-state index contributed by atoms with van der Waals surface area (Å²) in [6, 6.07) is 19.0. The van der Waals surface area contributed by atoms with Gasteiger partial charge in [0.2, 0.25) is 5.91 Å². The van der Waals surface area contributed by atoms with Crippen molar-refractivity contribution >= 4 is 18.3 Å². The fourth-order valence-corrected chi connectivity index (χ4v) is 3.97. The molecule has 0 spiro atoms. The van der Waals surface area contributed by atoms with Gasteiger partial charge in [-0.25, -0.2) is 0 Å². The quantitative estimate of drug-likeness (QED) is 0.897. The highest BCUT2D eigenvalue weighted by Crippen LogP contribution is 2.42. The van der Waals surface area contributed by atoms with Gasteiger partial charge >= 0.3 is 0 Å². The van der Waals surface area contributed by atoms with Crippen LogP contribution in [0.4, 0.5) is 0 Å². The lowest BCUT2D eigenvalue weighted by molar-refractivity contribution is -0.124. The van der Waals surface area contributed by atoms with Crippen molar-refractivity contribution in [1.82, 2.24) is 10.2 Å². The molecule has 2 aromatic carbocycles. The molecule has 138 valence electrons. The third-order valence-electron chi connectivity index (χ3n) is 5.25. The molecule has 26 heavy (non-hydrogen) atoms. The first kappa shape index (κ1) is 18.9. The van der Waals surface area contributed by atoms with Gasteiger partial charge in [0.15, 0.2) is 0 Å². The molecule has 1 saturated heterocycles. The smallest absolute Gasteiger partial charge is 0.234 e. The molecule has 2 atom stereocenters. The number of rotatable bonds is 4. The Balaban J connectivity index is 0.00000196. The maximum atomic E-state index is 12.7. The van der Waals surface area contributed by atoms with Gasteiger partial charge < -0.3 is 10.1 Å². The molecule has 4 rings (SSSR count). The lowest BCUT2D eigenvalue weighted by Crippen LogP contribution is -2.44. The van der Waals surface area contributed by atoms with Gasteiger partial charge in [-0.2, -0.15) is 0 Å². The van der Waals surface area contributed by atoms with E-state index in [0.717, 1.165) is 19.5 Å². The number of morpholine rings is 1. The molecule has 1 aliphatic heterocycles. The number of nitrogens with zero attached hydrogens (tertiary/aromatic N) is 1. The number of halogens is 1. The lowest BCUT2D eigenvalue weighted by Gasteiger charge is -2.28. The van der Waals surface area contributed by atoms with Crippen LogP contribution in [0.25, 0.3) is 0 Å². The molecule has 0 saturated carbocycles. The maximum absolute atomic E-state index is 12.7. The van der Waals surface area contributed by atoms with Crippen molar-refractivity contribution in [3.05, 3.63) is 71.3 Å². The molecule has 4 nitrogen and oxygen atoms in total. The number of carbonyl (C=O) groups is 1. The first-order valence-corrected chi connectivity index (χ1v) is 9.03. The minimum atomic E-state index is 0. The number of hydrogen-bond acceptors (Lipinski definition) is 3. The third-order valence-corrected chi connectivity index (χ3v) is 5.25. The zero-order valence-corrected chi connectivity index (χ0v) is 15.6. The predicted molar refractivity (Wildman–Crippen MR) is 105 cm³/mol. The van der Waals surface area contributed by atoms with Gasteiger partial charge in [-0.3, -0.25) is 9.69 Å². The highest BCUT2D eigenvalue weighted by molar-refractivity contribution is 5.85. The van der Waals surface area contributed by atoms with Crippen LogP contribution in [-0.2, 0) is 16.0 Å². The SMILES string of the molecule is Cl.O=C(CN1CCOCC1)NC1c2ccccc2CC1c1ccccc1. The first-order valence-electron chi connectivity index (χ1n) is 9.03. The van der Waals surface area contributed by atoms with Crippen LogP contribution in [0.15, 0.2) is 54.6 Å². The van der Waals surface area contributed by atoms with Crippen molar-refractivity contribution in [1.29, 1.82) is 0 Å². The molecule has 2 aliphatic rings. The summed E-state index contributed by atoms with van der Waals surface area (Å²) in [6.45, 7) is 3.54. The van der Waals surface area contributed by atoms with E-state index in [0.29, 0.717) is 25.7 Å². The van der Waals surface area contributed by atoms with E-state index in [-0.39, 0.29) is 24.4 Å². The normalized spacial score (nSPS) is 22.3. The van der Waals surface area contributed by atoms with Crippen molar-refractivity contribution < 1.29 is 9.53 Å². The molecular formula is C21H25ClN2O2. The highest BCUT2D eigenvalue weighted by atomic mass is 35.5. The second kappa shape index (κ2) is 8.67. The molecule has 1 aliphatic carbocycles. The Morgan fingerprint density at radius 1 is 1.04 bits per heavy atom. The second-order valence-electron chi connectivity index (χ2n) is 6.85. The number of amides is 1. The molecule has 1 heterocycles. The lowest BCUT2D eigenvalue weighted by atomic mass is 9.92. The van der Waals surface area contributed by atoms with E-state index >= 15 is 0 Å². The monoisotopic (exact) mass is 372 g/mol. The Morgan fingerprint density at radius 3 is 2.50 bits per heavy atom. The van der Waals surface area contributed by atoms with Gasteiger partial charge in [-0.1, -0.05) is 54.6 Å². The van der Waals surface area contributed by atoms with E-state index < -0.39 is 0 Å². The average Bonchev–Trinajstić information content (AvgIpc) is 3.02. The van der Waals surface area contributed by atoms with Crippen molar-refractivity contribution in [2.45, 2.75) is 18.4 Å². The summed E-state index contributed by atoms with van der Waals surface area (Å²) in [5.74, 6) is 0.400. The molecular weight excluding hydrogens is 348 g/mol. The zero-order chi connectivity index (χ0) is 17.1. The van der Waals surface area contributed by atoms with Crippen LogP contribution < -0.4 is 5.32 Å². The van der Waals surface area contributed by atoms with Gasteiger partial charge in [0.25, 0.3) is 0 Å². The van der Waals surface area contributed by atoms with Gasteiger partial charge in [-0.05, 0) is 23.1 Å². The Hall–Kier alpha value is -1.88. The Bertz CT molecular complexity index is 732. The van der Waals surface area contributed by atoms with Gasteiger partial charge in [0, 0.05) is 19.0 Å². The largest absolute Gasteiger partial charge is 0.379 e. The second-order valence-corrected chi connectivity index (χ2v) is 6.85. The van der Waals surface area contributed by atoms with Crippen molar-refractivity contribution in [2.75, 3.05) is 32.8 Å². The number of fused-ring (bicyclic) bond motifs is 1. The van der Waals surface area contributed by atoms with Crippen LogP contribution >= 0.6 is 12.4 Å². The van der Waals surface area contributed by atoms with Crippen molar-refractivity contribution in [3.8, 4) is 0 Å². The standard InChI is InChI=1S/C21H24N2O2.ClH/c24-20(15-23-10-12-25-13-11-23)22-21-18-9-5-4-8-17(18)14-19(21)16-6-2-1-3-7-16;/h1-9,19,21H,10-15H2,(H,22,24);1H.